The normalized spacial score (nSPS) is 10.9. The summed E-state index contributed by atoms with van der Waals surface area (Å²) < 4.78 is 10.4. The fraction of sp³-hybridized carbons (Fsp3) is 0.190. The van der Waals surface area contributed by atoms with Crippen LogP contribution >= 0.6 is 0 Å². The lowest BCUT2D eigenvalue weighted by Gasteiger charge is -2.11. The largest absolute Gasteiger partial charge is 0.497 e. The van der Waals surface area contributed by atoms with Gasteiger partial charge in [0, 0.05) is 18.7 Å². The first-order valence-electron chi connectivity index (χ1n) is 8.52. The highest BCUT2D eigenvalue weighted by Crippen LogP contribution is 2.17. The Kier molecular flexibility index (Phi) is 5.66. The van der Waals surface area contributed by atoms with E-state index < -0.39 is 0 Å². The van der Waals surface area contributed by atoms with Crippen LogP contribution in [-0.2, 0) is 11.3 Å². The predicted molar refractivity (Wildman–Crippen MR) is 103 cm³/mol. The number of methoxy groups -OCH3 is 1. The second-order valence-corrected chi connectivity index (χ2v) is 6.18. The maximum Gasteiger partial charge on any atom is 0.246 e. The Morgan fingerprint density at radius 2 is 1.85 bits per heavy atom. The van der Waals surface area contributed by atoms with Gasteiger partial charge in [0.25, 0.3) is 0 Å². The van der Waals surface area contributed by atoms with Gasteiger partial charge in [-0.3, -0.25) is 4.79 Å². The predicted octanol–water partition coefficient (Wildman–Crippen LogP) is 3.73. The number of likely N-dealkylation sites (N-methyl/N-ethyl adjacent to an activating group) is 1. The van der Waals surface area contributed by atoms with Crippen molar-refractivity contribution in [3.05, 3.63) is 71.6 Å². The number of aryl methyl sites for hydroxylation is 1. The summed E-state index contributed by atoms with van der Waals surface area (Å²) >= 11 is 0. The van der Waals surface area contributed by atoms with Crippen molar-refractivity contribution >= 4 is 12.0 Å². The zero-order chi connectivity index (χ0) is 19.2. The molecule has 0 aliphatic heterocycles. The summed E-state index contributed by atoms with van der Waals surface area (Å²) in [7, 11) is 3.31. The Morgan fingerprint density at radius 3 is 2.52 bits per heavy atom. The summed E-state index contributed by atoms with van der Waals surface area (Å²) in [6.45, 7) is 2.26. The van der Waals surface area contributed by atoms with Gasteiger partial charge in [-0.15, -0.1) is 0 Å². The summed E-state index contributed by atoms with van der Waals surface area (Å²) in [5, 5.41) is 3.98. The molecule has 0 saturated carbocycles. The minimum Gasteiger partial charge on any atom is -0.497 e. The molecule has 1 heterocycles. The van der Waals surface area contributed by atoms with E-state index in [1.807, 2.05) is 55.5 Å². The van der Waals surface area contributed by atoms with Crippen molar-refractivity contribution in [3.8, 4) is 17.1 Å². The smallest absolute Gasteiger partial charge is 0.246 e. The molecule has 0 bridgehead atoms. The average Bonchev–Trinajstić information content (AvgIpc) is 3.15. The van der Waals surface area contributed by atoms with Gasteiger partial charge in [-0.05, 0) is 30.7 Å². The third-order valence-electron chi connectivity index (χ3n) is 4.06. The monoisotopic (exact) mass is 363 g/mol. The Bertz CT molecular complexity index is 928. The molecule has 6 nitrogen and oxygen atoms in total. The van der Waals surface area contributed by atoms with Gasteiger partial charge in [-0.1, -0.05) is 47.1 Å². The molecule has 0 aliphatic rings. The molecule has 0 N–H and O–H groups in total. The molecule has 0 fully saturated rings. The number of hydrogen-bond donors (Lipinski definition) is 0. The standard InChI is InChI=1S/C21H21N3O3/c1-15-4-9-17(10-5-15)21-22-19(27-23-21)14-24(2)20(25)13-8-16-6-11-18(26-3)12-7-16/h4-13H,14H2,1-3H3/b13-8+. The quantitative estimate of drug-likeness (QED) is 0.624. The molecule has 1 aromatic heterocycles. The van der Waals surface area contributed by atoms with Gasteiger partial charge in [-0.25, -0.2) is 0 Å². The zero-order valence-corrected chi connectivity index (χ0v) is 15.5. The van der Waals surface area contributed by atoms with Gasteiger partial charge in [-0.2, -0.15) is 4.98 Å². The van der Waals surface area contributed by atoms with Crippen LogP contribution in [0, 0.1) is 6.92 Å². The van der Waals surface area contributed by atoms with Gasteiger partial charge >= 0.3 is 0 Å². The topological polar surface area (TPSA) is 68.5 Å². The number of carbonyl (C=O) groups excluding carboxylic acids is 1. The molecule has 6 heteroatoms. The third-order valence-corrected chi connectivity index (χ3v) is 4.06. The molecule has 0 radical (unpaired) electrons. The molecule has 0 spiro atoms. The first-order chi connectivity index (χ1) is 13.0. The SMILES string of the molecule is COc1ccc(/C=C/C(=O)N(C)Cc2nc(-c3ccc(C)cc3)no2)cc1. The lowest BCUT2D eigenvalue weighted by Crippen LogP contribution is -2.24. The van der Waals surface area contributed by atoms with Crippen molar-refractivity contribution in [1.29, 1.82) is 0 Å². The Labute approximate surface area is 158 Å². The Morgan fingerprint density at radius 1 is 1.15 bits per heavy atom. The van der Waals surface area contributed by atoms with E-state index in [-0.39, 0.29) is 12.5 Å². The van der Waals surface area contributed by atoms with E-state index in [9.17, 15) is 4.79 Å². The molecule has 27 heavy (non-hydrogen) atoms. The van der Waals surface area contributed by atoms with Crippen LogP contribution in [0.2, 0.25) is 0 Å². The molecule has 3 aromatic rings. The maximum atomic E-state index is 12.3. The molecule has 1 amide bonds. The number of nitrogens with zero attached hydrogens (tertiary/aromatic N) is 3. The number of carbonyl (C=O) groups is 1. The van der Waals surface area contributed by atoms with Crippen molar-refractivity contribution in [2.45, 2.75) is 13.5 Å². The van der Waals surface area contributed by atoms with Crippen LogP contribution in [0.15, 0.2) is 59.1 Å². The Balaban J connectivity index is 1.60. The molecule has 0 atom stereocenters. The van der Waals surface area contributed by atoms with E-state index in [0.29, 0.717) is 11.7 Å². The van der Waals surface area contributed by atoms with Crippen molar-refractivity contribution in [2.75, 3.05) is 14.2 Å². The number of benzene rings is 2. The van der Waals surface area contributed by atoms with E-state index in [4.69, 9.17) is 9.26 Å². The van der Waals surface area contributed by atoms with Crippen molar-refractivity contribution in [1.82, 2.24) is 15.0 Å². The van der Waals surface area contributed by atoms with E-state index in [1.165, 1.54) is 11.0 Å². The van der Waals surface area contributed by atoms with Crippen LogP contribution in [0.1, 0.15) is 17.0 Å². The maximum absolute atomic E-state index is 12.3. The average molecular weight is 363 g/mol. The number of hydrogen-bond acceptors (Lipinski definition) is 5. The van der Waals surface area contributed by atoms with E-state index in [1.54, 1.807) is 20.2 Å². The molecule has 3 rings (SSSR count). The lowest BCUT2D eigenvalue weighted by atomic mass is 10.1. The summed E-state index contributed by atoms with van der Waals surface area (Å²) in [6.07, 6.45) is 3.27. The first kappa shape index (κ1) is 18.4. The van der Waals surface area contributed by atoms with Crippen LogP contribution in [0.25, 0.3) is 17.5 Å². The molecule has 0 aliphatic carbocycles. The van der Waals surface area contributed by atoms with Crippen LogP contribution in [0.5, 0.6) is 5.75 Å². The molecule has 0 unspecified atom stereocenters. The lowest BCUT2D eigenvalue weighted by molar-refractivity contribution is -0.125. The van der Waals surface area contributed by atoms with Crippen LogP contribution in [0.3, 0.4) is 0 Å². The fourth-order valence-corrected chi connectivity index (χ4v) is 2.43. The number of ether oxygens (including phenoxy) is 1. The van der Waals surface area contributed by atoms with Gasteiger partial charge in [0.15, 0.2) is 0 Å². The number of aromatic nitrogens is 2. The number of rotatable bonds is 6. The van der Waals surface area contributed by atoms with E-state index in [2.05, 4.69) is 10.1 Å². The Hall–Kier alpha value is -3.41. The minimum absolute atomic E-state index is 0.152. The molecule has 2 aromatic carbocycles. The molecule has 0 saturated heterocycles. The zero-order valence-electron chi connectivity index (χ0n) is 15.5. The highest BCUT2D eigenvalue weighted by molar-refractivity contribution is 5.91. The summed E-state index contributed by atoms with van der Waals surface area (Å²) in [4.78, 5) is 18.2. The minimum atomic E-state index is -0.152. The third kappa shape index (κ3) is 4.82. The molecular formula is C21H21N3O3. The number of amides is 1. The van der Waals surface area contributed by atoms with Crippen molar-refractivity contribution < 1.29 is 14.1 Å². The van der Waals surface area contributed by atoms with Gasteiger partial charge < -0.3 is 14.2 Å². The van der Waals surface area contributed by atoms with E-state index >= 15 is 0 Å². The van der Waals surface area contributed by atoms with E-state index in [0.717, 1.165) is 22.4 Å². The van der Waals surface area contributed by atoms with Gasteiger partial charge in [0.05, 0.1) is 13.7 Å². The van der Waals surface area contributed by atoms with Gasteiger partial charge in [0.1, 0.15) is 5.75 Å². The molecule has 138 valence electrons. The highest BCUT2D eigenvalue weighted by Gasteiger charge is 2.13. The first-order valence-corrected chi connectivity index (χ1v) is 8.52. The summed E-state index contributed by atoms with van der Waals surface area (Å²) in [5.41, 5.74) is 2.96. The summed E-state index contributed by atoms with van der Waals surface area (Å²) in [5.74, 6) is 1.52. The van der Waals surface area contributed by atoms with Gasteiger partial charge in [0.2, 0.25) is 17.6 Å². The summed E-state index contributed by atoms with van der Waals surface area (Å²) in [6, 6.07) is 15.3. The molecular weight excluding hydrogens is 342 g/mol. The second kappa shape index (κ2) is 8.31. The van der Waals surface area contributed by atoms with Crippen LogP contribution < -0.4 is 4.74 Å². The second-order valence-electron chi connectivity index (χ2n) is 6.18. The van der Waals surface area contributed by atoms with Crippen molar-refractivity contribution in [2.24, 2.45) is 0 Å². The van der Waals surface area contributed by atoms with Crippen LogP contribution in [0.4, 0.5) is 0 Å². The highest BCUT2D eigenvalue weighted by atomic mass is 16.5. The van der Waals surface area contributed by atoms with Crippen LogP contribution in [-0.4, -0.2) is 35.1 Å². The fourth-order valence-electron chi connectivity index (χ4n) is 2.43. The van der Waals surface area contributed by atoms with Crippen molar-refractivity contribution in [3.63, 3.8) is 0 Å².